The van der Waals surface area contributed by atoms with Crippen molar-refractivity contribution in [3.63, 3.8) is 0 Å². The molecule has 1 amide bonds. The lowest BCUT2D eigenvalue weighted by molar-refractivity contribution is -0.121. The van der Waals surface area contributed by atoms with E-state index in [0.717, 1.165) is 31.7 Å². The molecule has 0 spiro atoms. The number of aromatic nitrogens is 1. The molecule has 3 heterocycles. The number of nitrogens with zero attached hydrogens (tertiary/aromatic N) is 2. The average Bonchev–Trinajstić information content (AvgIpc) is 3.30. The molecule has 0 bridgehead atoms. The van der Waals surface area contributed by atoms with Gasteiger partial charge in [-0.3, -0.25) is 14.7 Å². The lowest BCUT2D eigenvalue weighted by atomic mass is 10.1. The lowest BCUT2D eigenvalue weighted by Crippen LogP contribution is -2.36. The van der Waals surface area contributed by atoms with E-state index in [-0.39, 0.29) is 11.9 Å². The smallest absolute Gasteiger partial charge is 0.220 e. The van der Waals surface area contributed by atoms with E-state index in [9.17, 15) is 4.79 Å². The van der Waals surface area contributed by atoms with Gasteiger partial charge in [0, 0.05) is 25.4 Å². The first-order valence-electron chi connectivity index (χ1n) is 8.76. The van der Waals surface area contributed by atoms with E-state index in [1.807, 2.05) is 30.5 Å². The molecule has 5 heteroatoms. The van der Waals surface area contributed by atoms with Crippen LogP contribution >= 0.6 is 0 Å². The molecular weight excluding hydrogens is 302 g/mol. The number of carbonyl (C=O) groups is 1. The number of pyridine rings is 1. The second-order valence-corrected chi connectivity index (χ2v) is 6.29. The topological polar surface area (TPSA) is 58.4 Å². The molecule has 1 aliphatic rings. The molecule has 1 atom stereocenters. The maximum atomic E-state index is 12.1. The summed E-state index contributed by atoms with van der Waals surface area (Å²) in [5.74, 6) is 1.04. The van der Waals surface area contributed by atoms with Gasteiger partial charge < -0.3 is 9.73 Å². The largest absolute Gasteiger partial charge is 0.468 e. The molecule has 0 radical (unpaired) electrons. The standard InChI is InChI=1S/C19H25N3O2/c23-19(9-3-6-16-7-4-10-20-14-16)21-15-17(18-8-5-13-24-18)22-11-1-2-12-22/h4-5,7-8,10,13-14,17H,1-3,6,9,11-12,15H2,(H,21,23). The Balaban J connectivity index is 1.44. The van der Waals surface area contributed by atoms with Gasteiger partial charge >= 0.3 is 0 Å². The zero-order chi connectivity index (χ0) is 16.6. The van der Waals surface area contributed by atoms with E-state index in [0.29, 0.717) is 13.0 Å². The number of nitrogens with one attached hydrogen (secondary N) is 1. The van der Waals surface area contributed by atoms with Crippen molar-refractivity contribution >= 4 is 5.91 Å². The molecule has 1 aliphatic heterocycles. The quantitative estimate of drug-likeness (QED) is 0.810. The van der Waals surface area contributed by atoms with Crippen LogP contribution in [-0.2, 0) is 11.2 Å². The fraction of sp³-hybridized carbons (Fsp3) is 0.474. The molecule has 2 aromatic heterocycles. The van der Waals surface area contributed by atoms with Crippen molar-refractivity contribution in [1.29, 1.82) is 0 Å². The maximum absolute atomic E-state index is 12.1. The fourth-order valence-corrected chi connectivity index (χ4v) is 3.24. The summed E-state index contributed by atoms with van der Waals surface area (Å²) in [6.45, 7) is 2.75. The molecule has 3 rings (SSSR count). The summed E-state index contributed by atoms with van der Waals surface area (Å²) < 4.78 is 5.58. The van der Waals surface area contributed by atoms with Crippen LogP contribution in [0.3, 0.4) is 0 Å². The van der Waals surface area contributed by atoms with E-state index >= 15 is 0 Å². The van der Waals surface area contributed by atoms with Crippen molar-refractivity contribution in [2.75, 3.05) is 19.6 Å². The molecule has 1 saturated heterocycles. The van der Waals surface area contributed by atoms with Gasteiger partial charge in [-0.05, 0) is 62.5 Å². The van der Waals surface area contributed by atoms with Gasteiger partial charge in [-0.25, -0.2) is 0 Å². The third kappa shape index (κ3) is 4.68. The predicted molar refractivity (Wildman–Crippen MR) is 92.4 cm³/mol. The fourth-order valence-electron chi connectivity index (χ4n) is 3.24. The number of hydrogen-bond donors (Lipinski definition) is 1. The van der Waals surface area contributed by atoms with Gasteiger partial charge in [0.2, 0.25) is 5.91 Å². The van der Waals surface area contributed by atoms with Crippen molar-refractivity contribution < 1.29 is 9.21 Å². The second-order valence-electron chi connectivity index (χ2n) is 6.29. The van der Waals surface area contributed by atoms with Crippen LogP contribution in [0.4, 0.5) is 0 Å². The Morgan fingerprint density at radius 1 is 1.29 bits per heavy atom. The molecule has 0 aromatic carbocycles. The summed E-state index contributed by atoms with van der Waals surface area (Å²) in [4.78, 5) is 18.6. The van der Waals surface area contributed by atoms with Crippen molar-refractivity contribution in [2.24, 2.45) is 0 Å². The monoisotopic (exact) mass is 327 g/mol. The zero-order valence-corrected chi connectivity index (χ0v) is 14.0. The normalized spacial score (nSPS) is 16.2. The van der Waals surface area contributed by atoms with Crippen LogP contribution in [-0.4, -0.2) is 35.4 Å². The molecule has 1 fully saturated rings. The van der Waals surface area contributed by atoms with Crippen LogP contribution in [0.25, 0.3) is 0 Å². The van der Waals surface area contributed by atoms with Crippen LogP contribution in [0.5, 0.6) is 0 Å². The Morgan fingerprint density at radius 2 is 2.17 bits per heavy atom. The van der Waals surface area contributed by atoms with Gasteiger partial charge in [0.15, 0.2) is 0 Å². The molecule has 24 heavy (non-hydrogen) atoms. The van der Waals surface area contributed by atoms with Gasteiger partial charge in [-0.1, -0.05) is 6.07 Å². The Kier molecular flexibility index (Phi) is 6.01. The van der Waals surface area contributed by atoms with Gasteiger partial charge in [0.25, 0.3) is 0 Å². The van der Waals surface area contributed by atoms with Crippen molar-refractivity contribution in [2.45, 2.75) is 38.1 Å². The highest BCUT2D eigenvalue weighted by Crippen LogP contribution is 2.24. The van der Waals surface area contributed by atoms with E-state index < -0.39 is 0 Å². The Morgan fingerprint density at radius 3 is 2.88 bits per heavy atom. The van der Waals surface area contributed by atoms with Gasteiger partial charge in [0.1, 0.15) is 5.76 Å². The first-order chi connectivity index (χ1) is 11.8. The molecule has 0 saturated carbocycles. The molecular formula is C19H25N3O2. The molecule has 5 nitrogen and oxygen atoms in total. The number of hydrogen-bond acceptors (Lipinski definition) is 4. The van der Waals surface area contributed by atoms with E-state index in [1.165, 1.54) is 18.4 Å². The average molecular weight is 327 g/mol. The molecule has 0 aliphatic carbocycles. The SMILES string of the molecule is O=C(CCCc1cccnc1)NCC(c1ccco1)N1CCCC1. The zero-order valence-electron chi connectivity index (χ0n) is 14.0. The minimum absolute atomic E-state index is 0.106. The summed E-state index contributed by atoms with van der Waals surface area (Å²) in [5, 5.41) is 3.08. The Labute approximate surface area is 143 Å². The second kappa shape index (κ2) is 8.64. The van der Waals surface area contributed by atoms with E-state index in [2.05, 4.69) is 15.2 Å². The highest BCUT2D eigenvalue weighted by molar-refractivity contribution is 5.75. The minimum atomic E-state index is 0.106. The van der Waals surface area contributed by atoms with Gasteiger partial charge in [-0.15, -0.1) is 0 Å². The van der Waals surface area contributed by atoms with Gasteiger partial charge in [0.05, 0.1) is 12.3 Å². The summed E-state index contributed by atoms with van der Waals surface area (Å²) >= 11 is 0. The first-order valence-corrected chi connectivity index (χ1v) is 8.76. The van der Waals surface area contributed by atoms with Crippen LogP contribution in [0.1, 0.15) is 43.0 Å². The highest BCUT2D eigenvalue weighted by atomic mass is 16.3. The van der Waals surface area contributed by atoms with Crippen molar-refractivity contribution in [1.82, 2.24) is 15.2 Å². The van der Waals surface area contributed by atoms with Crippen molar-refractivity contribution in [3.8, 4) is 0 Å². The first kappa shape index (κ1) is 16.7. The number of rotatable bonds is 8. The molecule has 1 unspecified atom stereocenters. The lowest BCUT2D eigenvalue weighted by Gasteiger charge is -2.26. The maximum Gasteiger partial charge on any atom is 0.220 e. The third-order valence-corrected chi connectivity index (χ3v) is 4.54. The summed E-state index contributed by atoms with van der Waals surface area (Å²) in [6, 6.07) is 8.03. The Hall–Kier alpha value is -2.14. The van der Waals surface area contributed by atoms with Crippen LogP contribution < -0.4 is 5.32 Å². The number of likely N-dealkylation sites (tertiary alicyclic amines) is 1. The minimum Gasteiger partial charge on any atom is -0.468 e. The predicted octanol–water partition coefficient (Wildman–Crippen LogP) is 2.95. The van der Waals surface area contributed by atoms with Crippen LogP contribution in [0, 0.1) is 0 Å². The molecule has 128 valence electrons. The summed E-state index contributed by atoms with van der Waals surface area (Å²) in [5.41, 5.74) is 1.18. The molecule has 2 aromatic rings. The van der Waals surface area contributed by atoms with Crippen molar-refractivity contribution in [3.05, 3.63) is 54.2 Å². The summed E-state index contributed by atoms with van der Waals surface area (Å²) in [6.07, 6.45) is 10.0. The number of aryl methyl sites for hydroxylation is 1. The number of carbonyl (C=O) groups excluding carboxylic acids is 1. The number of amides is 1. The third-order valence-electron chi connectivity index (χ3n) is 4.54. The van der Waals surface area contributed by atoms with Crippen LogP contribution in [0.15, 0.2) is 47.3 Å². The van der Waals surface area contributed by atoms with Crippen LogP contribution in [0.2, 0.25) is 0 Å². The highest BCUT2D eigenvalue weighted by Gasteiger charge is 2.25. The van der Waals surface area contributed by atoms with E-state index in [4.69, 9.17) is 4.42 Å². The molecule has 1 N–H and O–H groups in total. The summed E-state index contributed by atoms with van der Waals surface area (Å²) in [7, 11) is 0. The number of furan rings is 1. The van der Waals surface area contributed by atoms with E-state index in [1.54, 1.807) is 12.5 Å². The van der Waals surface area contributed by atoms with Gasteiger partial charge in [-0.2, -0.15) is 0 Å². The Bertz CT molecular complexity index is 607.